The second-order valence-electron chi connectivity index (χ2n) is 15.3. The second-order valence-corrected chi connectivity index (χ2v) is 16.2. The van der Waals surface area contributed by atoms with Crippen molar-refractivity contribution in [2.45, 2.75) is 129 Å². The van der Waals surface area contributed by atoms with E-state index in [-0.39, 0.29) is 71.9 Å². The monoisotopic (exact) mass is 748 g/mol. The van der Waals surface area contributed by atoms with Gasteiger partial charge in [0.1, 0.15) is 18.5 Å². The molecule has 1 aromatic carbocycles. The van der Waals surface area contributed by atoms with Crippen molar-refractivity contribution in [3.63, 3.8) is 0 Å². The second kappa shape index (κ2) is 17.5. The number of hydrogen-bond donors (Lipinski definition) is 3. The standard InChI is InChI=1S/C38H55N5O5S.Mn/c1-7-38(8-2)18-30(19-38)48-29-15-13-28(14-16-29)47-22-32(45)42-34(37(4,5)6)36(46)43-21-27(44)17-31(43)35(39)40-20-25-9-11-26(12-10-25)33-24(3)41-23-49-33;/h9-12,23,27-31,34,44H,1-2,7-8,13-22H2,3-6H3,(H2,39,40)(H,42,45);/q-2;+2/t27-,28?,29?,31+,34-;/m1./s1. The number of β-amino-alcohol motifs (C(OH)–C–C–N with tert-alkyl or cyclic N) is 1. The van der Waals surface area contributed by atoms with Crippen LogP contribution in [0, 0.1) is 31.6 Å². The Balaban J connectivity index is 0.00000562. The van der Waals surface area contributed by atoms with Crippen molar-refractivity contribution in [1.82, 2.24) is 15.2 Å². The van der Waals surface area contributed by atoms with Crippen molar-refractivity contribution in [2.75, 3.05) is 13.2 Å². The van der Waals surface area contributed by atoms with Gasteiger partial charge in [-0.1, -0.05) is 50.5 Å². The third-order valence-electron chi connectivity index (χ3n) is 10.6. The number of benzene rings is 1. The number of amides is 2. The van der Waals surface area contributed by atoms with E-state index in [9.17, 15) is 14.7 Å². The molecule has 2 saturated carbocycles. The van der Waals surface area contributed by atoms with Gasteiger partial charge in [0.2, 0.25) is 11.8 Å². The summed E-state index contributed by atoms with van der Waals surface area (Å²) in [6.45, 7) is 16.3. The molecule has 3 fully saturated rings. The molecule has 10 nitrogen and oxygen atoms in total. The smallest absolute Gasteiger partial charge is 0.391 e. The Bertz CT molecular complexity index is 1440. The van der Waals surface area contributed by atoms with E-state index in [1.165, 1.54) is 0 Å². The number of carbonyl (C=O) groups excluding carboxylic acids is 2. The predicted octanol–water partition coefficient (Wildman–Crippen LogP) is 5.41. The van der Waals surface area contributed by atoms with E-state index in [2.05, 4.69) is 29.1 Å². The Hall–Kier alpha value is -2.34. The van der Waals surface area contributed by atoms with E-state index in [0.29, 0.717) is 12.6 Å². The number of aliphatic hydroxyl groups excluding tert-OH is 1. The number of aryl methyl sites for hydroxylation is 1. The summed E-state index contributed by atoms with van der Waals surface area (Å²) in [5, 5.41) is 13.5. The van der Waals surface area contributed by atoms with Crippen LogP contribution in [0.3, 0.4) is 0 Å². The number of likely N-dealkylation sites (tertiary alicyclic amines) is 1. The molecule has 1 aromatic heterocycles. The maximum Gasteiger partial charge on any atom is 2.00 e. The fourth-order valence-electron chi connectivity index (χ4n) is 7.32. The number of thiazole rings is 1. The van der Waals surface area contributed by atoms with Crippen LogP contribution in [-0.4, -0.2) is 82.3 Å². The number of nitrogens with zero attached hydrogens (tertiary/aromatic N) is 3. The van der Waals surface area contributed by atoms with Crippen LogP contribution in [0.2, 0.25) is 0 Å². The molecule has 2 heterocycles. The molecule has 1 radical (unpaired) electrons. The Kier molecular flexibility index (Phi) is 14.1. The van der Waals surface area contributed by atoms with E-state index in [1.807, 2.05) is 57.5 Å². The van der Waals surface area contributed by atoms with Crippen LogP contribution in [0.1, 0.15) is 89.8 Å². The average Bonchev–Trinajstić information content (AvgIpc) is 3.68. The largest absolute Gasteiger partial charge is 2.00 e. The molecule has 275 valence electrons. The molecule has 0 spiro atoms. The van der Waals surface area contributed by atoms with Crippen molar-refractivity contribution >= 4 is 29.0 Å². The number of rotatable bonds is 13. The van der Waals surface area contributed by atoms with E-state index in [0.717, 1.165) is 73.1 Å². The van der Waals surface area contributed by atoms with Crippen LogP contribution >= 0.6 is 11.3 Å². The van der Waals surface area contributed by atoms with Crippen LogP contribution in [0.15, 0.2) is 34.8 Å². The van der Waals surface area contributed by atoms with E-state index >= 15 is 0 Å². The number of ether oxygens (including phenoxy) is 2. The molecule has 2 aliphatic carbocycles. The summed E-state index contributed by atoms with van der Waals surface area (Å²) in [7, 11) is 0. The number of hydrogen-bond acceptors (Lipinski definition) is 8. The van der Waals surface area contributed by atoms with Gasteiger partial charge in [-0.15, -0.1) is 11.3 Å². The molecule has 1 saturated heterocycles. The molecule has 3 aliphatic rings. The first-order valence-electron chi connectivity index (χ1n) is 17.7. The Morgan fingerprint density at radius 2 is 1.76 bits per heavy atom. The zero-order chi connectivity index (χ0) is 35.3. The summed E-state index contributed by atoms with van der Waals surface area (Å²) in [6.07, 6.45) is 7.48. The van der Waals surface area contributed by atoms with Crippen molar-refractivity contribution < 1.29 is 41.2 Å². The molecule has 3 atom stereocenters. The quantitative estimate of drug-likeness (QED) is 0.108. The minimum atomic E-state index is -0.831. The molecule has 12 heteroatoms. The first kappa shape index (κ1) is 40.4. The van der Waals surface area contributed by atoms with E-state index < -0.39 is 23.6 Å². The number of aromatic nitrogens is 1. The van der Waals surface area contributed by atoms with Gasteiger partial charge in [0.15, 0.2) is 0 Å². The summed E-state index contributed by atoms with van der Waals surface area (Å²) in [6, 6.07) is 6.72. The van der Waals surface area contributed by atoms with Gasteiger partial charge < -0.3 is 44.4 Å². The van der Waals surface area contributed by atoms with Gasteiger partial charge in [-0.2, -0.15) is 12.8 Å². The summed E-state index contributed by atoms with van der Waals surface area (Å²) in [5.74, 6) is -0.343. The number of nitrogens with one attached hydrogen (secondary N) is 1. The van der Waals surface area contributed by atoms with Crippen LogP contribution in [0.25, 0.3) is 10.4 Å². The summed E-state index contributed by atoms with van der Waals surface area (Å²) in [4.78, 5) is 38.8. The van der Waals surface area contributed by atoms with Gasteiger partial charge in [-0.25, -0.2) is 4.98 Å². The molecule has 4 N–H and O–H groups in total. The molecule has 0 bridgehead atoms. The first-order valence-corrected chi connectivity index (χ1v) is 18.6. The summed E-state index contributed by atoms with van der Waals surface area (Å²) >= 11 is 1.61. The third-order valence-corrected chi connectivity index (χ3v) is 11.5. The maximum absolute atomic E-state index is 14.0. The zero-order valence-electron chi connectivity index (χ0n) is 30.0. The van der Waals surface area contributed by atoms with Crippen LogP contribution < -0.4 is 11.1 Å². The van der Waals surface area contributed by atoms with Gasteiger partial charge in [0, 0.05) is 13.0 Å². The van der Waals surface area contributed by atoms with Crippen molar-refractivity contribution in [2.24, 2.45) is 21.6 Å². The number of carbonyl (C=O) groups is 2. The molecular formula is C38H55MnN5O5S. The van der Waals surface area contributed by atoms with Crippen LogP contribution in [-0.2, 0) is 42.7 Å². The molecule has 2 amide bonds. The fourth-order valence-corrected chi connectivity index (χ4v) is 8.13. The van der Waals surface area contributed by atoms with E-state index in [4.69, 9.17) is 15.2 Å². The number of aliphatic hydroxyl groups is 1. The Labute approximate surface area is 312 Å². The number of aliphatic imine (C=N–C) groups is 1. The van der Waals surface area contributed by atoms with Crippen molar-refractivity contribution in [1.29, 1.82) is 0 Å². The zero-order valence-corrected chi connectivity index (χ0v) is 32.0. The first-order chi connectivity index (χ1) is 23.3. The molecule has 2 aromatic rings. The van der Waals surface area contributed by atoms with E-state index in [1.54, 1.807) is 16.2 Å². The minimum Gasteiger partial charge on any atom is -0.391 e. The predicted molar refractivity (Wildman–Crippen MR) is 194 cm³/mol. The molecule has 0 unspecified atom stereocenters. The van der Waals surface area contributed by atoms with Crippen LogP contribution in [0.4, 0.5) is 0 Å². The number of nitrogens with two attached hydrogens (primary N) is 1. The minimum absolute atomic E-state index is 0. The fraction of sp³-hybridized carbons (Fsp3) is 0.632. The normalized spacial score (nSPS) is 24.7. The van der Waals surface area contributed by atoms with Gasteiger partial charge >= 0.3 is 17.1 Å². The van der Waals surface area contributed by atoms with Gasteiger partial charge in [0.05, 0.1) is 53.1 Å². The third kappa shape index (κ3) is 9.95. The number of amidine groups is 1. The molecule has 50 heavy (non-hydrogen) atoms. The molecular weight excluding hydrogens is 693 g/mol. The van der Waals surface area contributed by atoms with Crippen molar-refractivity contribution in [3.05, 3.63) is 54.9 Å². The van der Waals surface area contributed by atoms with Gasteiger partial charge in [-0.05, 0) is 62.0 Å². The Morgan fingerprint density at radius 1 is 1.12 bits per heavy atom. The Morgan fingerprint density at radius 3 is 2.34 bits per heavy atom. The van der Waals surface area contributed by atoms with Crippen molar-refractivity contribution in [3.8, 4) is 10.4 Å². The average molecular weight is 749 g/mol. The summed E-state index contributed by atoms with van der Waals surface area (Å²) in [5.41, 5.74) is 11.1. The SMILES string of the molecule is [CH2-]CC1(C[CH2-])CC(OC2CCC(OCC(=O)N[C@H](C(=O)N3C[C@H](O)C[C@H]3C(N)=NCc3ccc(-c4scnc4C)cc3)C(C)(C)C)CC2)C1.[Mn+2]. The maximum atomic E-state index is 14.0. The van der Waals surface area contributed by atoms with Crippen LogP contribution in [0.5, 0.6) is 0 Å². The summed E-state index contributed by atoms with van der Waals surface area (Å²) < 4.78 is 12.4. The topological polar surface area (TPSA) is 139 Å². The molecule has 1 aliphatic heterocycles. The molecule has 5 rings (SSSR count). The van der Waals surface area contributed by atoms with Gasteiger partial charge in [-0.3, -0.25) is 14.6 Å². The van der Waals surface area contributed by atoms with Gasteiger partial charge in [0.25, 0.3) is 0 Å².